The van der Waals surface area contributed by atoms with E-state index in [-0.39, 0.29) is 23.6 Å². The highest BCUT2D eigenvalue weighted by molar-refractivity contribution is 8.14. The fourth-order valence-corrected chi connectivity index (χ4v) is 6.72. The molecule has 2 atom stereocenters. The van der Waals surface area contributed by atoms with Gasteiger partial charge in [0.25, 0.3) is 0 Å². The van der Waals surface area contributed by atoms with Gasteiger partial charge in [0.05, 0.1) is 44.4 Å². The maximum Gasteiger partial charge on any atom is 0.164 e. The third-order valence-corrected chi connectivity index (χ3v) is 8.04. The molecular weight excluding hydrogens is 436 g/mol. The van der Waals surface area contributed by atoms with Crippen molar-refractivity contribution in [3.63, 3.8) is 0 Å². The minimum Gasteiger partial charge on any atom is -0.494 e. The first kappa shape index (κ1) is 21.8. The Morgan fingerprint density at radius 1 is 1.06 bits per heavy atom. The van der Waals surface area contributed by atoms with Crippen molar-refractivity contribution in [1.82, 2.24) is 0 Å². The molecule has 0 amide bonds. The van der Waals surface area contributed by atoms with Crippen LogP contribution in [0.15, 0.2) is 53.5 Å². The highest BCUT2D eigenvalue weighted by Gasteiger charge is 2.47. The van der Waals surface area contributed by atoms with Crippen LogP contribution in [-0.2, 0) is 9.84 Å². The molecule has 0 bridgehead atoms. The van der Waals surface area contributed by atoms with Crippen molar-refractivity contribution < 1.29 is 22.6 Å². The number of nitrogens with zero attached hydrogens (tertiary/aromatic N) is 2. The molecule has 166 valence electrons. The molecule has 0 radical (unpaired) electrons. The summed E-state index contributed by atoms with van der Waals surface area (Å²) in [7, 11) is 0.0866. The van der Waals surface area contributed by atoms with Crippen molar-refractivity contribution in [3.8, 4) is 17.2 Å². The second kappa shape index (κ2) is 9.40. The fraction of sp³-hybridized carbons (Fsp3) is 0.409. The number of amidine groups is 1. The quantitative estimate of drug-likeness (QED) is 0.557. The maximum atomic E-state index is 12.2. The molecule has 2 aliphatic heterocycles. The summed E-state index contributed by atoms with van der Waals surface area (Å²) in [5, 5.41) is 0.844. The van der Waals surface area contributed by atoms with E-state index >= 15 is 0 Å². The van der Waals surface area contributed by atoms with Crippen LogP contribution in [0.1, 0.15) is 6.42 Å². The van der Waals surface area contributed by atoms with E-state index < -0.39 is 9.84 Å². The summed E-state index contributed by atoms with van der Waals surface area (Å²) in [6, 6.07) is 14.9. The number of sulfone groups is 1. The minimum absolute atomic E-state index is 0.0998. The third-order valence-electron chi connectivity index (χ3n) is 5.28. The van der Waals surface area contributed by atoms with E-state index in [0.717, 1.165) is 28.8 Å². The average molecular weight is 463 g/mol. The van der Waals surface area contributed by atoms with Gasteiger partial charge in [0.2, 0.25) is 0 Å². The average Bonchev–Trinajstić information content (AvgIpc) is 3.24. The molecule has 1 saturated heterocycles. The van der Waals surface area contributed by atoms with E-state index in [2.05, 4.69) is 0 Å². The topological polar surface area (TPSA) is 77.4 Å². The van der Waals surface area contributed by atoms with E-state index in [1.54, 1.807) is 26.0 Å². The van der Waals surface area contributed by atoms with Crippen molar-refractivity contribution in [3.05, 3.63) is 48.5 Å². The molecule has 0 unspecified atom stereocenters. The Morgan fingerprint density at radius 3 is 2.58 bits per heavy atom. The van der Waals surface area contributed by atoms with Crippen LogP contribution in [0.3, 0.4) is 0 Å². The second-order valence-electron chi connectivity index (χ2n) is 7.40. The van der Waals surface area contributed by atoms with E-state index in [9.17, 15) is 8.42 Å². The summed E-state index contributed by atoms with van der Waals surface area (Å²) in [5.74, 6) is 3.12. The van der Waals surface area contributed by atoms with Gasteiger partial charge >= 0.3 is 0 Å². The lowest BCUT2D eigenvalue weighted by Crippen LogP contribution is -2.39. The SMILES string of the molecule is COc1ccc(N2C(SCCCOc3ccccc3)=N[C@H]3CS(=O)(=O)C[C@H]32)cc1OC. The number of aliphatic imine (C=N–C) groups is 1. The summed E-state index contributed by atoms with van der Waals surface area (Å²) in [5.41, 5.74) is 0.856. The van der Waals surface area contributed by atoms with Crippen LogP contribution in [0.5, 0.6) is 17.2 Å². The molecule has 7 nitrogen and oxygen atoms in total. The lowest BCUT2D eigenvalue weighted by Gasteiger charge is -2.27. The number of fused-ring (bicyclic) bond motifs is 1. The number of benzene rings is 2. The molecule has 0 N–H and O–H groups in total. The first-order chi connectivity index (χ1) is 15.0. The zero-order valence-electron chi connectivity index (χ0n) is 17.6. The molecule has 0 aliphatic carbocycles. The normalized spacial score (nSPS) is 21.5. The number of ether oxygens (including phenoxy) is 3. The lowest BCUT2D eigenvalue weighted by molar-refractivity contribution is 0.319. The minimum atomic E-state index is -3.09. The molecule has 2 aromatic rings. The van der Waals surface area contributed by atoms with E-state index in [1.165, 1.54) is 0 Å². The molecule has 1 fully saturated rings. The van der Waals surface area contributed by atoms with Gasteiger partial charge in [-0.15, -0.1) is 0 Å². The Hall–Kier alpha value is -2.39. The van der Waals surface area contributed by atoms with Gasteiger partial charge in [-0.1, -0.05) is 30.0 Å². The van der Waals surface area contributed by atoms with Crippen molar-refractivity contribution in [2.24, 2.45) is 4.99 Å². The first-order valence-corrected chi connectivity index (χ1v) is 12.9. The van der Waals surface area contributed by atoms with Gasteiger partial charge in [0.1, 0.15) is 5.75 Å². The van der Waals surface area contributed by atoms with Crippen LogP contribution >= 0.6 is 11.8 Å². The van der Waals surface area contributed by atoms with Crippen LogP contribution in [0.4, 0.5) is 5.69 Å². The Morgan fingerprint density at radius 2 is 1.84 bits per heavy atom. The molecule has 31 heavy (non-hydrogen) atoms. The van der Waals surface area contributed by atoms with E-state index in [0.29, 0.717) is 18.1 Å². The third kappa shape index (κ3) is 4.93. The molecule has 9 heteroatoms. The van der Waals surface area contributed by atoms with Crippen molar-refractivity contribution in [2.75, 3.05) is 43.0 Å². The number of rotatable bonds is 8. The molecule has 0 saturated carbocycles. The zero-order chi connectivity index (χ0) is 21.8. The van der Waals surface area contributed by atoms with Crippen LogP contribution in [0, 0.1) is 0 Å². The summed E-state index contributed by atoms with van der Waals surface area (Å²) in [6.45, 7) is 0.613. The Bertz CT molecular complexity index is 1040. The number of methoxy groups -OCH3 is 2. The molecule has 2 aliphatic rings. The highest BCUT2D eigenvalue weighted by Crippen LogP contribution is 2.39. The molecule has 4 rings (SSSR count). The summed E-state index contributed by atoms with van der Waals surface area (Å²) in [4.78, 5) is 6.81. The summed E-state index contributed by atoms with van der Waals surface area (Å²) in [6.07, 6.45) is 0.853. The number of hydrogen-bond donors (Lipinski definition) is 0. The zero-order valence-corrected chi connectivity index (χ0v) is 19.2. The van der Waals surface area contributed by atoms with E-state index in [4.69, 9.17) is 19.2 Å². The van der Waals surface area contributed by atoms with Crippen molar-refractivity contribution >= 4 is 32.5 Å². The van der Waals surface area contributed by atoms with Gasteiger partial charge < -0.3 is 19.1 Å². The van der Waals surface area contributed by atoms with Gasteiger partial charge in [-0.2, -0.15) is 0 Å². The predicted molar refractivity (Wildman–Crippen MR) is 125 cm³/mol. The largest absolute Gasteiger partial charge is 0.494 e. The van der Waals surface area contributed by atoms with Crippen LogP contribution < -0.4 is 19.1 Å². The lowest BCUT2D eigenvalue weighted by atomic mass is 10.1. The first-order valence-electron chi connectivity index (χ1n) is 10.1. The molecule has 2 heterocycles. The van der Waals surface area contributed by atoms with Crippen LogP contribution in [0.25, 0.3) is 0 Å². The summed E-state index contributed by atoms with van der Waals surface area (Å²) >= 11 is 1.63. The van der Waals surface area contributed by atoms with Gasteiger partial charge in [-0.05, 0) is 30.7 Å². The Labute approximate surface area is 187 Å². The maximum absolute atomic E-state index is 12.2. The molecule has 2 aromatic carbocycles. The highest BCUT2D eigenvalue weighted by atomic mass is 32.2. The number of thioether (sulfide) groups is 1. The van der Waals surface area contributed by atoms with Gasteiger partial charge in [0, 0.05) is 17.5 Å². The monoisotopic (exact) mass is 462 g/mol. The van der Waals surface area contributed by atoms with Crippen LogP contribution in [0.2, 0.25) is 0 Å². The van der Waals surface area contributed by atoms with Crippen LogP contribution in [-0.4, -0.2) is 63.8 Å². The number of para-hydroxylation sites is 1. The predicted octanol–water partition coefficient (Wildman–Crippen LogP) is 3.25. The standard InChI is InChI=1S/C22H26N2O5S2/c1-27-20-10-9-16(13-21(20)28-2)24-19-15-31(25,26)14-18(19)23-22(24)30-12-6-11-29-17-7-4-3-5-8-17/h3-5,7-10,13,18-19H,6,11-12,14-15H2,1-2H3/t18-,19+/m0/s1. The fourth-order valence-electron chi connectivity index (χ4n) is 3.84. The van der Waals surface area contributed by atoms with Crippen molar-refractivity contribution in [2.45, 2.75) is 18.5 Å². The van der Waals surface area contributed by atoms with Gasteiger partial charge in [-0.25, -0.2) is 8.42 Å². The van der Waals surface area contributed by atoms with Gasteiger partial charge in [-0.3, -0.25) is 4.99 Å². The number of anilines is 1. The smallest absolute Gasteiger partial charge is 0.164 e. The van der Waals surface area contributed by atoms with Gasteiger partial charge in [0.15, 0.2) is 26.5 Å². The number of hydrogen-bond acceptors (Lipinski definition) is 8. The Kier molecular flexibility index (Phi) is 6.62. The van der Waals surface area contributed by atoms with Crippen molar-refractivity contribution in [1.29, 1.82) is 0 Å². The summed E-state index contributed by atoms with van der Waals surface area (Å²) < 4.78 is 41.0. The van der Waals surface area contributed by atoms with E-state index in [1.807, 2.05) is 53.4 Å². The second-order valence-corrected chi connectivity index (χ2v) is 10.6. The Balaban J connectivity index is 1.46. The molecular formula is C22H26N2O5S2. The molecule has 0 spiro atoms. The molecule has 0 aromatic heterocycles.